The summed E-state index contributed by atoms with van der Waals surface area (Å²) in [5, 5.41) is 10.6. The number of aryl methyl sites for hydroxylation is 1. The molecule has 2 rings (SSSR count). The van der Waals surface area contributed by atoms with Crippen LogP contribution in [0, 0.1) is 0 Å². The Morgan fingerprint density at radius 3 is 2.84 bits per heavy atom. The summed E-state index contributed by atoms with van der Waals surface area (Å²) in [6.07, 6.45) is 1.86. The maximum absolute atomic E-state index is 12.0. The first-order valence-corrected chi connectivity index (χ1v) is 6.04. The lowest BCUT2D eigenvalue weighted by atomic mass is 10.1. The molecule has 1 aromatic heterocycles. The molecule has 1 aromatic carbocycles. The van der Waals surface area contributed by atoms with Crippen molar-refractivity contribution in [3.05, 3.63) is 42.0 Å². The van der Waals surface area contributed by atoms with Crippen LogP contribution in [0.25, 0.3) is 0 Å². The Bertz CT molecular complexity index is 578. The number of aromatic nitrogens is 3. The molecule has 0 fully saturated rings. The summed E-state index contributed by atoms with van der Waals surface area (Å²) in [5.41, 5.74) is 7.26. The summed E-state index contributed by atoms with van der Waals surface area (Å²) in [4.78, 5) is 12.0. The molecule has 1 amide bonds. The van der Waals surface area contributed by atoms with E-state index in [0.29, 0.717) is 5.69 Å². The van der Waals surface area contributed by atoms with Crippen LogP contribution in [0.3, 0.4) is 0 Å². The summed E-state index contributed by atoms with van der Waals surface area (Å²) in [6, 6.07) is 7.16. The highest BCUT2D eigenvalue weighted by atomic mass is 16.1. The number of hydrogen-bond acceptors (Lipinski definition) is 4. The first kappa shape index (κ1) is 13.1. The van der Waals surface area contributed by atoms with Crippen LogP contribution >= 0.6 is 0 Å². The normalized spacial score (nSPS) is 12.1. The van der Waals surface area contributed by atoms with E-state index in [1.807, 2.05) is 32.2 Å². The molecular weight excluding hydrogens is 242 g/mol. The first-order valence-electron chi connectivity index (χ1n) is 6.04. The highest BCUT2D eigenvalue weighted by Gasteiger charge is 2.14. The van der Waals surface area contributed by atoms with Crippen LogP contribution in [0.5, 0.6) is 0 Å². The molecule has 100 valence electrons. The Labute approximate surface area is 111 Å². The van der Waals surface area contributed by atoms with Crippen molar-refractivity contribution >= 4 is 11.6 Å². The molecule has 0 bridgehead atoms. The lowest BCUT2D eigenvalue weighted by molar-refractivity contribution is -0.121. The Morgan fingerprint density at radius 2 is 2.21 bits per heavy atom. The van der Waals surface area contributed by atoms with Gasteiger partial charge in [-0.05, 0) is 18.6 Å². The number of benzene rings is 1. The predicted molar refractivity (Wildman–Crippen MR) is 72.1 cm³/mol. The number of nitrogens with zero attached hydrogens (tertiary/aromatic N) is 3. The van der Waals surface area contributed by atoms with Crippen molar-refractivity contribution in [2.75, 3.05) is 5.73 Å². The molecule has 0 aliphatic heterocycles. The zero-order chi connectivity index (χ0) is 13.8. The van der Waals surface area contributed by atoms with Crippen LogP contribution < -0.4 is 11.1 Å². The Morgan fingerprint density at radius 1 is 1.47 bits per heavy atom. The SMILES string of the molecule is CC(NC(=O)Cc1ccccc1N)c1nncn1C. The third-order valence-corrected chi connectivity index (χ3v) is 2.92. The Kier molecular flexibility index (Phi) is 3.79. The molecule has 6 nitrogen and oxygen atoms in total. The third-order valence-electron chi connectivity index (χ3n) is 2.92. The van der Waals surface area contributed by atoms with Gasteiger partial charge in [0.05, 0.1) is 12.5 Å². The largest absolute Gasteiger partial charge is 0.398 e. The maximum Gasteiger partial charge on any atom is 0.225 e. The van der Waals surface area contributed by atoms with E-state index < -0.39 is 0 Å². The standard InChI is InChI=1S/C13H17N5O/c1-9(13-17-15-8-18(13)2)16-12(19)7-10-5-3-4-6-11(10)14/h3-6,8-9H,7,14H2,1-2H3,(H,16,19). The van der Waals surface area contributed by atoms with Crippen molar-refractivity contribution in [1.29, 1.82) is 0 Å². The highest BCUT2D eigenvalue weighted by Crippen LogP contribution is 2.12. The minimum absolute atomic E-state index is 0.0894. The lowest BCUT2D eigenvalue weighted by Crippen LogP contribution is -2.29. The summed E-state index contributed by atoms with van der Waals surface area (Å²) in [5.74, 6) is 0.628. The summed E-state index contributed by atoms with van der Waals surface area (Å²) in [7, 11) is 1.84. The van der Waals surface area contributed by atoms with Gasteiger partial charge in [-0.3, -0.25) is 4.79 Å². The van der Waals surface area contributed by atoms with Gasteiger partial charge < -0.3 is 15.6 Å². The molecule has 6 heteroatoms. The monoisotopic (exact) mass is 259 g/mol. The van der Waals surface area contributed by atoms with Crippen molar-refractivity contribution in [2.24, 2.45) is 7.05 Å². The minimum Gasteiger partial charge on any atom is -0.398 e. The molecule has 1 heterocycles. The van der Waals surface area contributed by atoms with Crippen LogP contribution in [-0.4, -0.2) is 20.7 Å². The number of anilines is 1. The van der Waals surface area contributed by atoms with Gasteiger partial charge in [-0.1, -0.05) is 18.2 Å². The minimum atomic E-state index is -0.190. The van der Waals surface area contributed by atoms with E-state index in [1.165, 1.54) is 0 Å². The van der Waals surface area contributed by atoms with E-state index in [2.05, 4.69) is 15.5 Å². The fourth-order valence-electron chi connectivity index (χ4n) is 1.91. The molecular formula is C13H17N5O. The van der Waals surface area contributed by atoms with Gasteiger partial charge >= 0.3 is 0 Å². The van der Waals surface area contributed by atoms with E-state index in [-0.39, 0.29) is 18.4 Å². The lowest BCUT2D eigenvalue weighted by Gasteiger charge is -2.13. The van der Waals surface area contributed by atoms with Gasteiger partial charge in [0.15, 0.2) is 5.82 Å². The number of hydrogen-bond donors (Lipinski definition) is 2. The molecule has 0 radical (unpaired) electrons. The Hall–Kier alpha value is -2.37. The second-order valence-electron chi connectivity index (χ2n) is 4.46. The number of nitrogens with one attached hydrogen (secondary N) is 1. The van der Waals surface area contributed by atoms with Crippen molar-refractivity contribution < 1.29 is 4.79 Å². The van der Waals surface area contributed by atoms with E-state index in [0.717, 1.165) is 11.4 Å². The zero-order valence-corrected chi connectivity index (χ0v) is 11.0. The van der Waals surface area contributed by atoms with Crippen molar-refractivity contribution in [2.45, 2.75) is 19.4 Å². The molecule has 0 aliphatic rings. The van der Waals surface area contributed by atoms with E-state index >= 15 is 0 Å². The fourth-order valence-corrected chi connectivity index (χ4v) is 1.91. The van der Waals surface area contributed by atoms with E-state index in [9.17, 15) is 4.79 Å². The van der Waals surface area contributed by atoms with Crippen LogP contribution in [0.1, 0.15) is 24.4 Å². The molecule has 1 atom stereocenters. The van der Waals surface area contributed by atoms with Gasteiger partial charge in [-0.15, -0.1) is 10.2 Å². The molecule has 3 N–H and O–H groups in total. The van der Waals surface area contributed by atoms with Gasteiger partial charge in [0, 0.05) is 12.7 Å². The number of nitrogen functional groups attached to an aromatic ring is 1. The maximum atomic E-state index is 12.0. The quantitative estimate of drug-likeness (QED) is 0.796. The number of carbonyl (C=O) groups excluding carboxylic acids is 1. The average Bonchev–Trinajstić information content (AvgIpc) is 2.78. The van der Waals surface area contributed by atoms with Crippen LogP contribution in [0.15, 0.2) is 30.6 Å². The van der Waals surface area contributed by atoms with Crippen molar-refractivity contribution in [1.82, 2.24) is 20.1 Å². The summed E-state index contributed by atoms with van der Waals surface area (Å²) < 4.78 is 1.78. The Balaban J connectivity index is 1.99. The molecule has 0 saturated carbocycles. The zero-order valence-electron chi connectivity index (χ0n) is 11.0. The predicted octanol–water partition coefficient (Wildman–Crippen LogP) is 0.817. The van der Waals surface area contributed by atoms with Gasteiger partial charge in [-0.25, -0.2) is 0 Å². The number of para-hydroxylation sites is 1. The van der Waals surface area contributed by atoms with Gasteiger partial charge in [0.2, 0.25) is 5.91 Å². The number of nitrogens with two attached hydrogens (primary N) is 1. The number of carbonyl (C=O) groups is 1. The van der Waals surface area contributed by atoms with Crippen molar-refractivity contribution in [3.8, 4) is 0 Å². The third kappa shape index (κ3) is 3.09. The molecule has 19 heavy (non-hydrogen) atoms. The van der Waals surface area contributed by atoms with Crippen molar-refractivity contribution in [3.63, 3.8) is 0 Å². The second-order valence-corrected chi connectivity index (χ2v) is 4.46. The van der Waals surface area contributed by atoms with Crippen LogP contribution in [0.2, 0.25) is 0 Å². The van der Waals surface area contributed by atoms with Gasteiger partial charge in [-0.2, -0.15) is 0 Å². The smallest absolute Gasteiger partial charge is 0.225 e. The molecule has 1 unspecified atom stereocenters. The second kappa shape index (κ2) is 5.51. The summed E-state index contributed by atoms with van der Waals surface area (Å²) >= 11 is 0. The summed E-state index contributed by atoms with van der Waals surface area (Å²) in [6.45, 7) is 1.87. The number of amides is 1. The van der Waals surface area contributed by atoms with Crippen LogP contribution in [0.4, 0.5) is 5.69 Å². The van der Waals surface area contributed by atoms with Crippen LogP contribution in [-0.2, 0) is 18.3 Å². The molecule has 0 spiro atoms. The fraction of sp³-hybridized carbons (Fsp3) is 0.308. The number of rotatable bonds is 4. The van der Waals surface area contributed by atoms with Gasteiger partial charge in [0.25, 0.3) is 0 Å². The van der Waals surface area contributed by atoms with E-state index in [1.54, 1.807) is 17.0 Å². The molecule has 0 saturated heterocycles. The van der Waals surface area contributed by atoms with Gasteiger partial charge in [0.1, 0.15) is 6.33 Å². The topological polar surface area (TPSA) is 85.8 Å². The van der Waals surface area contributed by atoms with E-state index in [4.69, 9.17) is 5.73 Å². The average molecular weight is 259 g/mol. The highest BCUT2D eigenvalue weighted by molar-refractivity contribution is 5.80. The molecule has 2 aromatic rings. The first-order chi connectivity index (χ1) is 9.08. The molecule has 0 aliphatic carbocycles.